The third kappa shape index (κ3) is 6.69. The van der Waals surface area contributed by atoms with Gasteiger partial charge >= 0.3 is 0 Å². The van der Waals surface area contributed by atoms with Gasteiger partial charge in [-0.05, 0) is 57.2 Å². The van der Waals surface area contributed by atoms with Crippen LogP contribution in [0, 0.1) is 6.92 Å². The van der Waals surface area contributed by atoms with E-state index >= 15 is 0 Å². The van der Waals surface area contributed by atoms with Crippen LogP contribution < -0.4 is 15.4 Å². The van der Waals surface area contributed by atoms with Gasteiger partial charge in [0, 0.05) is 12.1 Å². The summed E-state index contributed by atoms with van der Waals surface area (Å²) in [6.07, 6.45) is 0. The maximum Gasteiger partial charge on any atom is 0.191 e. The average molecular weight is 540 g/mol. The first-order chi connectivity index (χ1) is 14.4. The maximum atomic E-state index is 10.7. The summed E-state index contributed by atoms with van der Waals surface area (Å²) in [4.78, 5) is 9.01. The Hall–Kier alpha value is -2.60. The molecule has 1 atom stereocenters. The Kier molecular flexibility index (Phi) is 8.87. The van der Waals surface area contributed by atoms with Crippen LogP contribution in [0.25, 0.3) is 11.4 Å². The minimum atomic E-state index is -1.17. The number of methoxy groups -OCH3 is 1. The third-order valence-electron chi connectivity index (χ3n) is 4.48. The molecule has 31 heavy (non-hydrogen) atoms. The number of rotatable bonds is 8. The number of aliphatic hydroxyl groups is 1. The van der Waals surface area contributed by atoms with E-state index in [2.05, 4.69) is 30.8 Å². The number of aromatic nitrogens is 3. The number of hydrogen-bond acceptors (Lipinski definition) is 6. The number of guanidine groups is 1. The summed E-state index contributed by atoms with van der Waals surface area (Å²) in [6, 6.07) is 11.1. The molecular formula is C21H29IN6O3. The van der Waals surface area contributed by atoms with Gasteiger partial charge in [-0.1, -0.05) is 0 Å². The molecule has 0 spiro atoms. The van der Waals surface area contributed by atoms with E-state index in [0.29, 0.717) is 36.5 Å². The van der Waals surface area contributed by atoms with Gasteiger partial charge in [0.1, 0.15) is 35.2 Å². The van der Waals surface area contributed by atoms with Crippen molar-refractivity contribution in [3.8, 4) is 17.1 Å². The Balaban J connectivity index is 0.00000341. The molecule has 0 aliphatic rings. The van der Waals surface area contributed by atoms with Crippen molar-refractivity contribution < 1.29 is 14.3 Å². The van der Waals surface area contributed by atoms with E-state index in [1.165, 1.54) is 0 Å². The molecule has 0 fully saturated rings. The van der Waals surface area contributed by atoms with E-state index < -0.39 is 5.60 Å². The lowest BCUT2D eigenvalue weighted by Gasteiger charge is -2.22. The Morgan fingerprint density at radius 1 is 1.23 bits per heavy atom. The van der Waals surface area contributed by atoms with Crippen molar-refractivity contribution in [1.82, 2.24) is 25.8 Å². The highest BCUT2D eigenvalue weighted by atomic mass is 127. The van der Waals surface area contributed by atoms with Crippen LogP contribution >= 0.6 is 24.0 Å². The summed E-state index contributed by atoms with van der Waals surface area (Å²) in [5, 5.41) is 24.2. The molecule has 0 radical (unpaired) electrons. The Labute approximate surface area is 198 Å². The van der Waals surface area contributed by atoms with Crippen molar-refractivity contribution in [3.63, 3.8) is 0 Å². The van der Waals surface area contributed by atoms with Gasteiger partial charge < -0.3 is 24.9 Å². The van der Waals surface area contributed by atoms with Crippen LogP contribution in [-0.4, -0.2) is 46.4 Å². The predicted molar refractivity (Wildman–Crippen MR) is 130 cm³/mol. The lowest BCUT2D eigenvalue weighted by Crippen LogP contribution is -2.44. The SMILES string of the molecule is CCNC(=NCc1nc(-c2ccc(OC)cc2)n[nH]1)NCC(C)(O)c1ccc(C)o1.I. The molecule has 9 nitrogen and oxygen atoms in total. The maximum absolute atomic E-state index is 10.7. The van der Waals surface area contributed by atoms with E-state index in [1.54, 1.807) is 20.1 Å². The van der Waals surface area contributed by atoms with Gasteiger partial charge in [0.15, 0.2) is 11.8 Å². The van der Waals surface area contributed by atoms with Crippen LogP contribution in [0.1, 0.15) is 31.2 Å². The summed E-state index contributed by atoms with van der Waals surface area (Å²) in [7, 11) is 1.63. The highest BCUT2D eigenvalue weighted by Gasteiger charge is 2.27. The van der Waals surface area contributed by atoms with Crippen LogP contribution in [0.5, 0.6) is 5.75 Å². The van der Waals surface area contributed by atoms with Gasteiger partial charge in [-0.15, -0.1) is 24.0 Å². The first-order valence-electron chi connectivity index (χ1n) is 9.78. The Bertz CT molecular complexity index is 981. The Morgan fingerprint density at radius 2 is 1.97 bits per heavy atom. The summed E-state index contributed by atoms with van der Waals surface area (Å²) in [5.74, 6) is 3.82. The predicted octanol–water partition coefficient (Wildman–Crippen LogP) is 2.96. The molecule has 1 aromatic carbocycles. The fourth-order valence-electron chi connectivity index (χ4n) is 2.80. The van der Waals surface area contributed by atoms with Gasteiger partial charge in [-0.3, -0.25) is 5.10 Å². The number of halogens is 1. The normalized spacial score (nSPS) is 13.3. The third-order valence-corrected chi connectivity index (χ3v) is 4.48. The fourth-order valence-corrected chi connectivity index (χ4v) is 2.80. The fraction of sp³-hybridized carbons (Fsp3) is 0.381. The minimum Gasteiger partial charge on any atom is -0.497 e. The van der Waals surface area contributed by atoms with Crippen LogP contribution in [-0.2, 0) is 12.1 Å². The van der Waals surface area contributed by atoms with Crippen molar-refractivity contribution in [2.75, 3.05) is 20.2 Å². The molecule has 0 aliphatic carbocycles. The highest BCUT2D eigenvalue weighted by molar-refractivity contribution is 14.0. The number of H-pyrrole nitrogens is 1. The summed E-state index contributed by atoms with van der Waals surface area (Å²) in [6.45, 7) is 6.73. The molecular weight excluding hydrogens is 511 g/mol. The van der Waals surface area contributed by atoms with Crippen molar-refractivity contribution in [2.45, 2.75) is 32.9 Å². The lowest BCUT2D eigenvalue weighted by atomic mass is 10.0. The van der Waals surface area contributed by atoms with E-state index in [1.807, 2.05) is 44.2 Å². The highest BCUT2D eigenvalue weighted by Crippen LogP contribution is 2.22. The first-order valence-corrected chi connectivity index (χ1v) is 9.78. The summed E-state index contributed by atoms with van der Waals surface area (Å²) < 4.78 is 10.7. The molecule has 1 unspecified atom stereocenters. The smallest absolute Gasteiger partial charge is 0.191 e. The van der Waals surface area contributed by atoms with Gasteiger partial charge in [0.2, 0.25) is 0 Å². The van der Waals surface area contributed by atoms with Gasteiger partial charge in [0.05, 0.1) is 13.7 Å². The second kappa shape index (κ2) is 11.1. The monoisotopic (exact) mass is 540 g/mol. The number of aromatic amines is 1. The zero-order chi connectivity index (χ0) is 21.6. The van der Waals surface area contributed by atoms with Gasteiger partial charge in [0.25, 0.3) is 0 Å². The quantitative estimate of drug-likeness (QED) is 0.197. The number of aliphatic imine (C=N–C) groups is 1. The number of aryl methyl sites for hydroxylation is 1. The summed E-state index contributed by atoms with van der Waals surface area (Å²) >= 11 is 0. The molecule has 3 aromatic rings. The molecule has 4 N–H and O–H groups in total. The number of ether oxygens (including phenoxy) is 1. The van der Waals surface area contributed by atoms with Gasteiger partial charge in [-0.25, -0.2) is 9.98 Å². The van der Waals surface area contributed by atoms with Crippen molar-refractivity contribution >= 4 is 29.9 Å². The van der Waals surface area contributed by atoms with Crippen LogP contribution in [0.2, 0.25) is 0 Å². The number of furan rings is 1. The van der Waals surface area contributed by atoms with Crippen LogP contribution in [0.3, 0.4) is 0 Å². The number of nitrogens with zero attached hydrogens (tertiary/aromatic N) is 3. The molecule has 0 bridgehead atoms. The molecule has 2 heterocycles. The molecule has 0 saturated carbocycles. The topological polar surface area (TPSA) is 121 Å². The Morgan fingerprint density at radius 3 is 2.58 bits per heavy atom. The van der Waals surface area contributed by atoms with Crippen molar-refractivity contribution in [2.24, 2.45) is 4.99 Å². The number of nitrogens with one attached hydrogen (secondary N) is 3. The standard InChI is InChI=1S/C21H28N6O3.HI/c1-5-22-20(24-13-21(3,28)17-11-6-14(2)30-17)23-12-18-25-19(27-26-18)15-7-9-16(29-4)10-8-15;/h6-11,28H,5,12-13H2,1-4H3,(H2,22,23,24)(H,25,26,27);1H. The van der Waals surface area contributed by atoms with Crippen molar-refractivity contribution in [3.05, 3.63) is 53.7 Å². The largest absolute Gasteiger partial charge is 0.497 e. The zero-order valence-electron chi connectivity index (χ0n) is 18.1. The van der Waals surface area contributed by atoms with E-state index in [-0.39, 0.29) is 30.5 Å². The molecule has 0 amide bonds. The lowest BCUT2D eigenvalue weighted by molar-refractivity contribution is 0.0378. The zero-order valence-corrected chi connectivity index (χ0v) is 20.4. The van der Waals surface area contributed by atoms with Crippen LogP contribution in [0.4, 0.5) is 0 Å². The van der Waals surface area contributed by atoms with Crippen molar-refractivity contribution in [1.29, 1.82) is 0 Å². The second-order valence-electron chi connectivity index (χ2n) is 7.07. The molecule has 10 heteroatoms. The number of hydrogen-bond donors (Lipinski definition) is 4. The molecule has 168 valence electrons. The minimum absolute atomic E-state index is 0. The molecule has 0 aliphatic heterocycles. The van der Waals surface area contributed by atoms with Gasteiger partial charge in [-0.2, -0.15) is 5.10 Å². The molecule has 0 saturated heterocycles. The van der Waals surface area contributed by atoms with E-state index in [0.717, 1.165) is 17.1 Å². The van der Waals surface area contributed by atoms with Crippen LogP contribution in [0.15, 0.2) is 45.8 Å². The van der Waals surface area contributed by atoms with E-state index in [4.69, 9.17) is 9.15 Å². The first kappa shape index (κ1) is 24.7. The second-order valence-corrected chi connectivity index (χ2v) is 7.07. The average Bonchev–Trinajstić information content (AvgIpc) is 3.40. The summed E-state index contributed by atoms with van der Waals surface area (Å²) in [5.41, 5.74) is -0.282. The molecule has 3 rings (SSSR count). The van der Waals surface area contributed by atoms with E-state index in [9.17, 15) is 5.11 Å². The number of benzene rings is 1. The molecule has 2 aromatic heterocycles.